The molecule has 2 amide bonds. The number of piperidine rings is 1. The van der Waals surface area contributed by atoms with Crippen LogP contribution in [0.5, 0.6) is 0 Å². The molecule has 0 aromatic heterocycles. The Hall–Kier alpha value is -1.79. The zero-order chi connectivity index (χ0) is 15.4. The normalized spacial score (nSPS) is 15.8. The van der Waals surface area contributed by atoms with Crippen molar-refractivity contribution in [3.05, 3.63) is 29.3 Å². The van der Waals surface area contributed by atoms with Crippen LogP contribution in [0.3, 0.4) is 0 Å². The summed E-state index contributed by atoms with van der Waals surface area (Å²) < 4.78 is 0. The Morgan fingerprint density at radius 3 is 2.57 bits per heavy atom. The van der Waals surface area contributed by atoms with Gasteiger partial charge in [0.2, 0.25) is 0 Å². The van der Waals surface area contributed by atoms with Gasteiger partial charge in [0.25, 0.3) is 0 Å². The molecule has 6 nitrogen and oxygen atoms in total. The van der Waals surface area contributed by atoms with Gasteiger partial charge in [-0.2, -0.15) is 0 Å². The minimum absolute atomic E-state index is 0.383. The topological polar surface area (TPSA) is 81.1 Å². The molecule has 1 heterocycles. The number of hydrogen-bond acceptors (Lipinski definition) is 3. The number of carboxylic acids is 1. The van der Waals surface area contributed by atoms with E-state index in [0.717, 1.165) is 0 Å². The first-order valence-electron chi connectivity index (χ1n) is 6.69. The summed E-state index contributed by atoms with van der Waals surface area (Å²) in [6.07, 6.45) is 0.609. The van der Waals surface area contributed by atoms with Crippen LogP contribution in [0.1, 0.15) is 12.8 Å². The Labute approximate surface area is 127 Å². The first-order valence-corrected chi connectivity index (χ1v) is 7.07. The predicted octanol–water partition coefficient (Wildman–Crippen LogP) is 1.81. The first kappa shape index (κ1) is 15.6. The van der Waals surface area contributed by atoms with Gasteiger partial charge in [0, 0.05) is 23.8 Å². The number of anilines is 1. The molecule has 7 heteroatoms. The number of urea groups is 1. The summed E-state index contributed by atoms with van der Waals surface area (Å²) in [6.45, 7) is 0.394. The number of carboxylic acid groups (broad SMARTS) is 1. The molecule has 1 aromatic rings. The average molecular weight is 313 g/mol. The smallest absolute Gasteiger partial charge is 0.325 e. The van der Waals surface area contributed by atoms with Crippen molar-refractivity contribution in [3.63, 3.8) is 0 Å². The van der Waals surface area contributed by atoms with Crippen molar-refractivity contribution in [2.75, 3.05) is 24.5 Å². The van der Waals surface area contributed by atoms with Gasteiger partial charge in [-0.25, -0.2) is 4.79 Å². The lowest BCUT2D eigenvalue weighted by Gasteiger charge is -2.34. The van der Waals surface area contributed by atoms with Gasteiger partial charge in [-0.05, 0) is 31.0 Å². The zero-order valence-corrected chi connectivity index (χ0v) is 12.2. The maximum Gasteiger partial charge on any atom is 0.325 e. The van der Waals surface area contributed by atoms with Crippen LogP contribution in [0.4, 0.5) is 10.5 Å². The van der Waals surface area contributed by atoms with Crippen LogP contribution in [0.2, 0.25) is 5.02 Å². The number of likely N-dealkylation sites (tertiary alicyclic amines) is 1. The zero-order valence-electron chi connectivity index (χ0n) is 11.4. The number of benzene rings is 1. The molecule has 1 saturated heterocycles. The van der Waals surface area contributed by atoms with Crippen molar-refractivity contribution >= 4 is 29.3 Å². The van der Waals surface area contributed by atoms with Gasteiger partial charge in [0.15, 0.2) is 0 Å². The van der Waals surface area contributed by atoms with Crippen LogP contribution in [-0.4, -0.2) is 52.9 Å². The van der Waals surface area contributed by atoms with Crippen LogP contribution < -0.4 is 4.90 Å². The standard InChI is InChI=1S/C14H17ClN2O4/c15-10-2-1-3-11(8-10)17(9-13(19)20)14(21)16-6-4-12(18)5-7-16/h1-3,8,12,18H,4-7,9H2,(H,19,20). The van der Waals surface area contributed by atoms with Gasteiger partial charge in [-0.1, -0.05) is 17.7 Å². The predicted molar refractivity (Wildman–Crippen MR) is 78.6 cm³/mol. The lowest BCUT2D eigenvalue weighted by Crippen LogP contribution is -2.49. The number of nitrogens with zero attached hydrogens (tertiary/aromatic N) is 2. The second-order valence-electron chi connectivity index (χ2n) is 4.96. The van der Waals surface area contributed by atoms with Crippen LogP contribution in [0, 0.1) is 0 Å². The number of carbonyl (C=O) groups is 2. The molecule has 1 aliphatic heterocycles. The van der Waals surface area contributed by atoms with E-state index in [4.69, 9.17) is 16.7 Å². The van der Waals surface area contributed by atoms with Gasteiger partial charge < -0.3 is 15.1 Å². The van der Waals surface area contributed by atoms with E-state index < -0.39 is 18.6 Å². The molecule has 1 fully saturated rings. The van der Waals surface area contributed by atoms with Gasteiger partial charge in [0.1, 0.15) is 6.54 Å². The van der Waals surface area contributed by atoms with E-state index in [-0.39, 0.29) is 6.03 Å². The number of carbonyl (C=O) groups excluding carboxylic acids is 1. The molecule has 1 aliphatic rings. The Bertz CT molecular complexity index is 529. The van der Waals surface area contributed by atoms with Crippen molar-refractivity contribution in [3.8, 4) is 0 Å². The summed E-state index contributed by atoms with van der Waals surface area (Å²) in [7, 11) is 0. The quantitative estimate of drug-likeness (QED) is 0.892. The molecule has 0 aliphatic carbocycles. The lowest BCUT2D eigenvalue weighted by atomic mass is 10.1. The van der Waals surface area contributed by atoms with Crippen LogP contribution in [0.25, 0.3) is 0 Å². The summed E-state index contributed by atoms with van der Waals surface area (Å²) in [5.41, 5.74) is 0.445. The number of aliphatic carboxylic acids is 1. The van der Waals surface area contributed by atoms with Crippen LogP contribution >= 0.6 is 11.6 Å². The summed E-state index contributed by atoms with van der Waals surface area (Å²) in [5, 5.41) is 18.9. The number of rotatable bonds is 3. The molecule has 2 N–H and O–H groups in total. The van der Waals surface area contributed by atoms with E-state index in [1.165, 1.54) is 4.90 Å². The number of amides is 2. The van der Waals surface area contributed by atoms with E-state index in [2.05, 4.69) is 0 Å². The van der Waals surface area contributed by atoms with E-state index in [1.807, 2.05) is 0 Å². The fraction of sp³-hybridized carbons (Fsp3) is 0.429. The van der Waals surface area contributed by atoms with Gasteiger partial charge in [-0.15, -0.1) is 0 Å². The van der Waals surface area contributed by atoms with E-state index in [0.29, 0.717) is 36.6 Å². The molecular formula is C14H17ClN2O4. The molecule has 114 valence electrons. The Morgan fingerprint density at radius 2 is 2.00 bits per heavy atom. The third kappa shape index (κ3) is 4.09. The molecular weight excluding hydrogens is 296 g/mol. The molecule has 0 spiro atoms. The highest BCUT2D eigenvalue weighted by Gasteiger charge is 2.27. The molecule has 0 bridgehead atoms. The summed E-state index contributed by atoms with van der Waals surface area (Å²) in [4.78, 5) is 26.3. The maximum atomic E-state index is 12.5. The number of halogens is 1. The lowest BCUT2D eigenvalue weighted by molar-refractivity contribution is -0.135. The molecule has 0 saturated carbocycles. The minimum atomic E-state index is -1.10. The first-order chi connectivity index (χ1) is 9.97. The SMILES string of the molecule is O=C(O)CN(C(=O)N1CCC(O)CC1)c1cccc(Cl)c1. The molecule has 0 atom stereocenters. The maximum absolute atomic E-state index is 12.5. The van der Waals surface area contributed by atoms with Crippen molar-refractivity contribution in [1.82, 2.24) is 4.90 Å². The molecule has 0 radical (unpaired) electrons. The number of aliphatic hydroxyl groups is 1. The molecule has 21 heavy (non-hydrogen) atoms. The Balaban J connectivity index is 2.19. The fourth-order valence-electron chi connectivity index (χ4n) is 2.28. The van der Waals surface area contributed by atoms with Gasteiger partial charge in [-0.3, -0.25) is 9.69 Å². The van der Waals surface area contributed by atoms with Gasteiger partial charge >= 0.3 is 12.0 Å². The number of aliphatic hydroxyl groups excluding tert-OH is 1. The molecule has 1 aromatic carbocycles. The third-order valence-electron chi connectivity index (χ3n) is 3.38. The highest BCUT2D eigenvalue weighted by Crippen LogP contribution is 2.22. The summed E-state index contributed by atoms with van der Waals surface area (Å²) in [5.74, 6) is -1.10. The van der Waals surface area contributed by atoms with Gasteiger partial charge in [0.05, 0.1) is 6.10 Å². The second-order valence-corrected chi connectivity index (χ2v) is 5.40. The van der Waals surface area contributed by atoms with Crippen molar-refractivity contribution in [1.29, 1.82) is 0 Å². The largest absolute Gasteiger partial charge is 0.480 e. The highest BCUT2D eigenvalue weighted by molar-refractivity contribution is 6.30. The Morgan fingerprint density at radius 1 is 1.33 bits per heavy atom. The van der Waals surface area contributed by atoms with E-state index >= 15 is 0 Å². The highest BCUT2D eigenvalue weighted by atomic mass is 35.5. The van der Waals surface area contributed by atoms with Crippen LogP contribution in [0.15, 0.2) is 24.3 Å². The minimum Gasteiger partial charge on any atom is -0.480 e. The van der Waals surface area contributed by atoms with E-state index in [1.54, 1.807) is 29.2 Å². The van der Waals surface area contributed by atoms with Crippen molar-refractivity contribution < 1.29 is 19.8 Å². The Kier molecular flexibility index (Phi) is 5.03. The molecule has 0 unspecified atom stereocenters. The molecule has 2 rings (SSSR count). The van der Waals surface area contributed by atoms with Crippen molar-refractivity contribution in [2.45, 2.75) is 18.9 Å². The van der Waals surface area contributed by atoms with Crippen LogP contribution in [-0.2, 0) is 4.79 Å². The monoisotopic (exact) mass is 312 g/mol. The fourth-order valence-corrected chi connectivity index (χ4v) is 2.46. The number of hydrogen-bond donors (Lipinski definition) is 2. The van der Waals surface area contributed by atoms with Crippen molar-refractivity contribution in [2.24, 2.45) is 0 Å². The summed E-state index contributed by atoms with van der Waals surface area (Å²) >= 11 is 5.90. The summed E-state index contributed by atoms with van der Waals surface area (Å²) in [6, 6.07) is 6.14. The second kappa shape index (κ2) is 6.78. The third-order valence-corrected chi connectivity index (χ3v) is 3.61. The van der Waals surface area contributed by atoms with E-state index in [9.17, 15) is 14.7 Å². The average Bonchev–Trinajstić information content (AvgIpc) is 2.44.